The van der Waals surface area contributed by atoms with Gasteiger partial charge in [0.1, 0.15) is 5.60 Å². The number of aromatic nitrogens is 2. The fourth-order valence-electron chi connectivity index (χ4n) is 2.02. The smallest absolute Gasteiger partial charge is 0.408 e. The Kier molecular flexibility index (Phi) is 3.34. The summed E-state index contributed by atoms with van der Waals surface area (Å²) in [6, 6.07) is 1.78. The van der Waals surface area contributed by atoms with E-state index in [-0.39, 0.29) is 11.6 Å². The van der Waals surface area contributed by atoms with Crippen LogP contribution in [-0.2, 0) is 4.74 Å². The highest BCUT2D eigenvalue weighted by atomic mass is 16.6. The zero-order chi connectivity index (χ0) is 14.1. The van der Waals surface area contributed by atoms with Crippen LogP contribution in [0, 0.1) is 0 Å². The SMILES string of the molecule is CC1(NC(=O)OC(C)(C)C)CN(c2ncccn2)C1. The molecule has 1 aliphatic rings. The van der Waals surface area contributed by atoms with Gasteiger partial charge in [0.2, 0.25) is 5.95 Å². The van der Waals surface area contributed by atoms with Gasteiger partial charge >= 0.3 is 6.09 Å². The Labute approximate surface area is 113 Å². The second-order valence-electron chi connectivity index (χ2n) is 6.09. The summed E-state index contributed by atoms with van der Waals surface area (Å²) < 4.78 is 5.25. The highest BCUT2D eigenvalue weighted by Crippen LogP contribution is 2.24. The highest BCUT2D eigenvalue weighted by Gasteiger charge is 2.42. The second kappa shape index (κ2) is 4.68. The molecule has 1 saturated heterocycles. The number of hydrogen-bond acceptors (Lipinski definition) is 5. The largest absolute Gasteiger partial charge is 0.444 e. The van der Waals surface area contributed by atoms with Crippen molar-refractivity contribution < 1.29 is 9.53 Å². The van der Waals surface area contributed by atoms with E-state index in [0.717, 1.165) is 0 Å². The van der Waals surface area contributed by atoms with Crippen molar-refractivity contribution in [1.82, 2.24) is 15.3 Å². The molecular weight excluding hydrogens is 244 g/mol. The van der Waals surface area contributed by atoms with Gasteiger partial charge < -0.3 is 15.0 Å². The van der Waals surface area contributed by atoms with E-state index in [1.165, 1.54) is 0 Å². The lowest BCUT2D eigenvalue weighted by Crippen LogP contribution is -2.69. The Balaban J connectivity index is 1.86. The molecular formula is C13H20N4O2. The van der Waals surface area contributed by atoms with Crippen LogP contribution in [0.25, 0.3) is 0 Å². The van der Waals surface area contributed by atoms with E-state index in [9.17, 15) is 4.79 Å². The molecule has 0 aliphatic carbocycles. The summed E-state index contributed by atoms with van der Waals surface area (Å²) in [5, 5.41) is 2.89. The highest BCUT2D eigenvalue weighted by molar-refractivity contribution is 5.69. The summed E-state index contributed by atoms with van der Waals surface area (Å²) >= 11 is 0. The summed E-state index contributed by atoms with van der Waals surface area (Å²) in [5.74, 6) is 0.686. The molecule has 0 unspecified atom stereocenters. The first-order valence-electron chi connectivity index (χ1n) is 6.31. The predicted octanol–water partition coefficient (Wildman–Crippen LogP) is 1.58. The minimum absolute atomic E-state index is 0.290. The molecule has 2 heterocycles. The van der Waals surface area contributed by atoms with Crippen molar-refractivity contribution in [1.29, 1.82) is 0 Å². The summed E-state index contributed by atoms with van der Waals surface area (Å²) in [7, 11) is 0. The first-order chi connectivity index (χ1) is 8.77. The molecule has 6 heteroatoms. The molecule has 2 rings (SSSR count). The van der Waals surface area contributed by atoms with E-state index in [1.54, 1.807) is 18.5 Å². The topological polar surface area (TPSA) is 67.3 Å². The van der Waals surface area contributed by atoms with Gasteiger partial charge in [-0.3, -0.25) is 0 Å². The van der Waals surface area contributed by atoms with Crippen molar-refractivity contribution >= 4 is 12.0 Å². The van der Waals surface area contributed by atoms with Gasteiger partial charge in [0, 0.05) is 25.5 Å². The maximum Gasteiger partial charge on any atom is 0.408 e. The minimum Gasteiger partial charge on any atom is -0.444 e. The monoisotopic (exact) mass is 264 g/mol. The molecule has 0 atom stereocenters. The number of rotatable bonds is 2. The molecule has 1 N–H and O–H groups in total. The Hall–Kier alpha value is -1.85. The molecule has 0 saturated carbocycles. The van der Waals surface area contributed by atoms with Gasteiger partial charge in [0.05, 0.1) is 5.54 Å². The molecule has 1 fully saturated rings. The molecule has 6 nitrogen and oxygen atoms in total. The van der Waals surface area contributed by atoms with Crippen molar-refractivity contribution in [2.24, 2.45) is 0 Å². The lowest BCUT2D eigenvalue weighted by molar-refractivity contribution is 0.0444. The van der Waals surface area contributed by atoms with E-state index in [4.69, 9.17) is 4.74 Å². The second-order valence-corrected chi connectivity index (χ2v) is 6.09. The van der Waals surface area contributed by atoms with Crippen molar-refractivity contribution in [3.05, 3.63) is 18.5 Å². The first-order valence-corrected chi connectivity index (χ1v) is 6.31. The van der Waals surface area contributed by atoms with Gasteiger partial charge in [0.15, 0.2) is 0 Å². The summed E-state index contributed by atoms with van der Waals surface area (Å²) in [6.07, 6.45) is 3.03. The fourth-order valence-corrected chi connectivity index (χ4v) is 2.02. The Bertz CT molecular complexity index is 449. The van der Waals surface area contributed by atoms with Crippen LogP contribution in [-0.4, -0.2) is 40.3 Å². The number of amides is 1. The van der Waals surface area contributed by atoms with Gasteiger partial charge in [-0.2, -0.15) is 0 Å². The standard InChI is InChI=1S/C13H20N4O2/c1-12(2,3)19-11(18)16-13(4)8-17(9-13)10-14-6-5-7-15-10/h5-7H,8-9H2,1-4H3,(H,16,18). The van der Waals surface area contributed by atoms with Gasteiger partial charge in [-0.1, -0.05) is 0 Å². The van der Waals surface area contributed by atoms with Crippen LogP contribution in [0.2, 0.25) is 0 Å². The molecule has 1 aromatic heterocycles. The number of anilines is 1. The summed E-state index contributed by atoms with van der Waals surface area (Å²) in [4.78, 5) is 22.1. The number of carbonyl (C=O) groups excluding carboxylic acids is 1. The molecule has 1 aromatic rings. The average molecular weight is 264 g/mol. The Morgan fingerprint density at radius 2 is 1.95 bits per heavy atom. The Morgan fingerprint density at radius 3 is 2.47 bits per heavy atom. The third-order valence-corrected chi connectivity index (χ3v) is 2.72. The van der Waals surface area contributed by atoms with Gasteiger partial charge in [-0.15, -0.1) is 0 Å². The number of hydrogen-bond donors (Lipinski definition) is 1. The van der Waals surface area contributed by atoms with E-state index >= 15 is 0 Å². The third-order valence-electron chi connectivity index (χ3n) is 2.72. The van der Waals surface area contributed by atoms with E-state index in [2.05, 4.69) is 15.3 Å². The van der Waals surface area contributed by atoms with Crippen molar-refractivity contribution in [3.8, 4) is 0 Å². The van der Waals surface area contributed by atoms with Crippen LogP contribution >= 0.6 is 0 Å². The third kappa shape index (κ3) is 3.56. The zero-order valence-electron chi connectivity index (χ0n) is 11.8. The normalized spacial score (nSPS) is 17.6. The zero-order valence-corrected chi connectivity index (χ0v) is 11.8. The predicted molar refractivity (Wildman–Crippen MR) is 72.0 cm³/mol. The minimum atomic E-state index is -0.480. The maximum atomic E-state index is 11.7. The summed E-state index contributed by atoms with van der Waals surface area (Å²) in [6.45, 7) is 8.88. The van der Waals surface area contributed by atoms with Gasteiger partial charge in [-0.25, -0.2) is 14.8 Å². The summed E-state index contributed by atoms with van der Waals surface area (Å²) in [5.41, 5.74) is -0.770. The van der Waals surface area contributed by atoms with Crippen LogP contribution in [0.5, 0.6) is 0 Å². The number of alkyl carbamates (subject to hydrolysis) is 1. The molecule has 0 spiro atoms. The number of nitrogens with zero attached hydrogens (tertiary/aromatic N) is 3. The van der Waals surface area contributed by atoms with E-state index < -0.39 is 5.60 Å². The molecule has 0 aromatic carbocycles. The van der Waals surface area contributed by atoms with E-state index in [0.29, 0.717) is 19.0 Å². The molecule has 0 radical (unpaired) electrons. The van der Waals surface area contributed by atoms with Crippen LogP contribution < -0.4 is 10.2 Å². The molecule has 1 aliphatic heterocycles. The molecule has 104 valence electrons. The molecule has 1 amide bonds. The van der Waals surface area contributed by atoms with Crippen LogP contribution in [0.1, 0.15) is 27.7 Å². The molecule has 19 heavy (non-hydrogen) atoms. The van der Waals surface area contributed by atoms with Crippen molar-refractivity contribution in [2.45, 2.75) is 38.8 Å². The number of ether oxygens (including phenoxy) is 1. The van der Waals surface area contributed by atoms with Crippen molar-refractivity contribution in [2.75, 3.05) is 18.0 Å². The lowest BCUT2D eigenvalue weighted by Gasteiger charge is -2.48. The van der Waals surface area contributed by atoms with E-state index in [1.807, 2.05) is 32.6 Å². The Morgan fingerprint density at radius 1 is 1.37 bits per heavy atom. The van der Waals surface area contributed by atoms with Crippen LogP contribution in [0.15, 0.2) is 18.5 Å². The van der Waals surface area contributed by atoms with Gasteiger partial charge in [-0.05, 0) is 33.8 Å². The average Bonchev–Trinajstić information content (AvgIpc) is 2.24. The molecule has 0 bridgehead atoms. The quantitative estimate of drug-likeness (QED) is 0.878. The van der Waals surface area contributed by atoms with Crippen LogP contribution in [0.3, 0.4) is 0 Å². The number of nitrogens with one attached hydrogen (secondary N) is 1. The van der Waals surface area contributed by atoms with Crippen molar-refractivity contribution in [3.63, 3.8) is 0 Å². The maximum absolute atomic E-state index is 11.7. The fraction of sp³-hybridized carbons (Fsp3) is 0.615. The lowest BCUT2D eigenvalue weighted by atomic mass is 9.93. The van der Waals surface area contributed by atoms with Crippen LogP contribution in [0.4, 0.5) is 10.7 Å². The first kappa shape index (κ1) is 13.6. The number of carbonyl (C=O) groups is 1. The van der Waals surface area contributed by atoms with Gasteiger partial charge in [0.25, 0.3) is 0 Å².